The number of hydrogen-bond donors (Lipinski definition) is 1. The van der Waals surface area contributed by atoms with Gasteiger partial charge in [-0.15, -0.1) is 0 Å². The summed E-state index contributed by atoms with van der Waals surface area (Å²) >= 11 is 0. The summed E-state index contributed by atoms with van der Waals surface area (Å²) < 4.78 is 14.0. The summed E-state index contributed by atoms with van der Waals surface area (Å²) in [6.45, 7) is 0. The highest BCUT2D eigenvalue weighted by Gasteiger charge is 2.34. The number of nitro groups is 1. The second kappa shape index (κ2) is 4.41. The van der Waals surface area contributed by atoms with Crippen molar-refractivity contribution in [2.75, 3.05) is 0 Å². The third kappa shape index (κ3) is 2.15. The van der Waals surface area contributed by atoms with Crippen LogP contribution in [0.15, 0.2) is 18.2 Å². The average Bonchev–Trinajstić information content (AvgIpc) is 2.29. The molecule has 1 aromatic rings. The van der Waals surface area contributed by atoms with E-state index in [1.54, 1.807) is 6.07 Å². The van der Waals surface area contributed by atoms with E-state index >= 15 is 0 Å². The Balaban J connectivity index is 2.44. The first-order valence-electron chi connectivity index (χ1n) is 5.77. The van der Waals surface area contributed by atoms with E-state index in [0.717, 1.165) is 19.3 Å². The molecule has 4 nitrogen and oxygen atoms in total. The maximum Gasteiger partial charge on any atom is 0.305 e. The van der Waals surface area contributed by atoms with E-state index in [2.05, 4.69) is 0 Å². The number of nitro benzene ring substituents is 1. The standard InChI is InChI=1S/C12H15FN2O2/c13-11-9(5-4-6-10(11)15(16)17)12(14)7-2-1-3-8-12/h4-6H,1-3,7-8,14H2. The zero-order valence-corrected chi connectivity index (χ0v) is 9.49. The van der Waals surface area contributed by atoms with Gasteiger partial charge < -0.3 is 5.73 Å². The molecule has 0 spiro atoms. The molecule has 0 bridgehead atoms. The van der Waals surface area contributed by atoms with Crippen molar-refractivity contribution in [3.8, 4) is 0 Å². The number of nitrogens with two attached hydrogens (primary N) is 1. The van der Waals surface area contributed by atoms with Crippen LogP contribution < -0.4 is 5.73 Å². The molecular formula is C12H15FN2O2. The molecule has 0 atom stereocenters. The summed E-state index contributed by atoms with van der Waals surface area (Å²) in [5.41, 5.74) is 5.24. The monoisotopic (exact) mass is 238 g/mol. The smallest absolute Gasteiger partial charge is 0.305 e. The van der Waals surface area contributed by atoms with Gasteiger partial charge in [0.2, 0.25) is 5.82 Å². The van der Waals surface area contributed by atoms with Crippen molar-refractivity contribution in [2.24, 2.45) is 5.73 Å². The van der Waals surface area contributed by atoms with Crippen molar-refractivity contribution in [1.29, 1.82) is 0 Å². The maximum atomic E-state index is 14.0. The minimum atomic E-state index is -0.776. The molecule has 5 heteroatoms. The Morgan fingerprint density at radius 3 is 2.53 bits per heavy atom. The molecular weight excluding hydrogens is 223 g/mol. The first kappa shape index (κ1) is 12.0. The lowest BCUT2D eigenvalue weighted by molar-refractivity contribution is -0.387. The summed E-state index contributed by atoms with van der Waals surface area (Å²) in [5, 5.41) is 10.7. The highest BCUT2D eigenvalue weighted by Crippen LogP contribution is 2.37. The van der Waals surface area contributed by atoms with Crippen LogP contribution in [-0.2, 0) is 5.54 Å². The quantitative estimate of drug-likeness (QED) is 0.636. The van der Waals surface area contributed by atoms with E-state index in [0.29, 0.717) is 12.8 Å². The number of halogens is 1. The van der Waals surface area contributed by atoms with Crippen molar-refractivity contribution in [1.82, 2.24) is 0 Å². The van der Waals surface area contributed by atoms with Crippen molar-refractivity contribution in [3.63, 3.8) is 0 Å². The fourth-order valence-corrected chi connectivity index (χ4v) is 2.50. The summed E-state index contributed by atoms with van der Waals surface area (Å²) in [7, 11) is 0. The molecule has 0 amide bonds. The van der Waals surface area contributed by atoms with Crippen LogP contribution in [0.4, 0.5) is 10.1 Å². The van der Waals surface area contributed by atoms with Gasteiger partial charge in [-0.1, -0.05) is 31.4 Å². The zero-order valence-electron chi connectivity index (χ0n) is 9.49. The largest absolute Gasteiger partial charge is 0.321 e. The molecule has 1 aliphatic rings. The molecule has 1 aromatic carbocycles. The topological polar surface area (TPSA) is 69.2 Å². The maximum absolute atomic E-state index is 14.0. The van der Waals surface area contributed by atoms with Gasteiger partial charge >= 0.3 is 5.69 Å². The van der Waals surface area contributed by atoms with Crippen LogP contribution in [0.3, 0.4) is 0 Å². The molecule has 1 fully saturated rings. The molecule has 0 saturated heterocycles. The van der Waals surface area contributed by atoms with Gasteiger partial charge in [-0.2, -0.15) is 4.39 Å². The molecule has 0 aromatic heterocycles. The minimum absolute atomic E-state index is 0.284. The van der Waals surface area contributed by atoms with Gasteiger partial charge in [0.1, 0.15) is 0 Å². The van der Waals surface area contributed by atoms with Crippen molar-refractivity contribution in [2.45, 2.75) is 37.6 Å². The van der Waals surface area contributed by atoms with Crippen LogP contribution in [-0.4, -0.2) is 4.92 Å². The lowest BCUT2D eigenvalue weighted by atomic mass is 9.77. The third-order valence-corrected chi connectivity index (χ3v) is 3.46. The molecule has 1 aliphatic carbocycles. The van der Waals surface area contributed by atoms with Gasteiger partial charge in [0.25, 0.3) is 0 Å². The van der Waals surface area contributed by atoms with Crippen LogP contribution in [0.1, 0.15) is 37.7 Å². The van der Waals surface area contributed by atoms with Crippen LogP contribution in [0, 0.1) is 15.9 Å². The Labute approximate surface area is 98.8 Å². The summed E-state index contributed by atoms with van der Waals surface area (Å²) in [5.74, 6) is -0.776. The molecule has 2 N–H and O–H groups in total. The van der Waals surface area contributed by atoms with Gasteiger partial charge in [0.15, 0.2) is 0 Å². The Hall–Kier alpha value is -1.49. The summed E-state index contributed by atoms with van der Waals surface area (Å²) in [4.78, 5) is 9.98. The number of hydrogen-bond acceptors (Lipinski definition) is 3. The van der Waals surface area contributed by atoms with Crippen molar-refractivity contribution < 1.29 is 9.31 Å². The number of nitrogens with zero attached hydrogens (tertiary/aromatic N) is 1. The van der Waals surface area contributed by atoms with Crippen molar-refractivity contribution in [3.05, 3.63) is 39.7 Å². The molecule has 17 heavy (non-hydrogen) atoms. The molecule has 0 aliphatic heterocycles. The first-order valence-corrected chi connectivity index (χ1v) is 5.77. The highest BCUT2D eigenvalue weighted by molar-refractivity contribution is 5.40. The third-order valence-electron chi connectivity index (χ3n) is 3.46. The fourth-order valence-electron chi connectivity index (χ4n) is 2.50. The van der Waals surface area contributed by atoms with E-state index in [4.69, 9.17) is 5.73 Å². The lowest BCUT2D eigenvalue weighted by Gasteiger charge is -2.33. The predicted molar refractivity (Wildman–Crippen MR) is 62.0 cm³/mol. The molecule has 92 valence electrons. The second-order valence-corrected chi connectivity index (χ2v) is 4.61. The molecule has 0 radical (unpaired) electrons. The van der Waals surface area contributed by atoms with Crippen LogP contribution >= 0.6 is 0 Å². The van der Waals surface area contributed by atoms with Gasteiger partial charge in [-0.25, -0.2) is 0 Å². The van der Waals surface area contributed by atoms with Gasteiger partial charge in [0, 0.05) is 17.2 Å². The second-order valence-electron chi connectivity index (χ2n) is 4.61. The van der Waals surface area contributed by atoms with E-state index in [-0.39, 0.29) is 5.56 Å². The molecule has 2 rings (SSSR count). The van der Waals surface area contributed by atoms with Crippen LogP contribution in [0.2, 0.25) is 0 Å². The van der Waals surface area contributed by atoms with E-state index in [1.807, 2.05) is 0 Å². The van der Waals surface area contributed by atoms with Crippen molar-refractivity contribution >= 4 is 5.69 Å². The minimum Gasteiger partial charge on any atom is -0.321 e. The Morgan fingerprint density at radius 2 is 1.94 bits per heavy atom. The molecule has 0 heterocycles. The van der Waals surface area contributed by atoms with E-state index in [1.165, 1.54) is 12.1 Å². The van der Waals surface area contributed by atoms with E-state index < -0.39 is 22.0 Å². The summed E-state index contributed by atoms with van der Waals surface area (Å²) in [6, 6.07) is 4.23. The number of rotatable bonds is 2. The van der Waals surface area contributed by atoms with Crippen LogP contribution in [0.5, 0.6) is 0 Å². The first-order chi connectivity index (χ1) is 8.04. The molecule has 0 unspecified atom stereocenters. The van der Waals surface area contributed by atoms with Gasteiger partial charge in [-0.05, 0) is 12.8 Å². The lowest BCUT2D eigenvalue weighted by Crippen LogP contribution is -2.39. The number of benzene rings is 1. The van der Waals surface area contributed by atoms with Gasteiger partial charge in [0.05, 0.1) is 4.92 Å². The fraction of sp³-hybridized carbons (Fsp3) is 0.500. The SMILES string of the molecule is NC1(c2cccc([N+](=O)[O-])c2F)CCCCC1. The van der Waals surface area contributed by atoms with Gasteiger partial charge in [-0.3, -0.25) is 10.1 Å². The normalized spacial score (nSPS) is 18.9. The summed E-state index contributed by atoms with van der Waals surface area (Å²) in [6.07, 6.45) is 4.35. The Bertz CT molecular complexity index is 442. The zero-order chi connectivity index (χ0) is 12.5. The predicted octanol–water partition coefficient (Wildman–Crippen LogP) is 2.85. The molecule has 1 saturated carbocycles. The highest BCUT2D eigenvalue weighted by atomic mass is 19.1. The average molecular weight is 238 g/mol. The van der Waals surface area contributed by atoms with Crippen LogP contribution in [0.25, 0.3) is 0 Å². The Kier molecular flexibility index (Phi) is 3.11. The van der Waals surface area contributed by atoms with E-state index in [9.17, 15) is 14.5 Å². The Morgan fingerprint density at radius 1 is 1.29 bits per heavy atom.